The molecule has 156 valence electrons. The Morgan fingerprint density at radius 3 is 2.60 bits per heavy atom. The minimum atomic E-state index is -0.767. The topological polar surface area (TPSA) is 108 Å². The van der Waals surface area contributed by atoms with Crippen molar-refractivity contribution in [1.82, 2.24) is 15.1 Å². The lowest BCUT2D eigenvalue weighted by Gasteiger charge is -2.32. The van der Waals surface area contributed by atoms with Crippen molar-refractivity contribution in [2.45, 2.75) is 38.9 Å². The Kier molecular flexibility index (Phi) is 5.59. The molecule has 0 spiro atoms. The van der Waals surface area contributed by atoms with Gasteiger partial charge in [0, 0.05) is 11.8 Å². The van der Waals surface area contributed by atoms with Crippen LogP contribution >= 0.6 is 11.6 Å². The summed E-state index contributed by atoms with van der Waals surface area (Å²) in [5, 5.41) is 13.3. The van der Waals surface area contributed by atoms with E-state index in [4.69, 9.17) is 30.7 Å². The maximum Gasteiger partial charge on any atom is 0.306 e. The van der Waals surface area contributed by atoms with Crippen molar-refractivity contribution >= 4 is 17.6 Å². The second-order valence-corrected chi connectivity index (χ2v) is 7.78. The molecule has 0 radical (unpaired) electrons. The van der Waals surface area contributed by atoms with Gasteiger partial charge in [0.2, 0.25) is 11.7 Å². The average molecular weight is 430 g/mol. The van der Waals surface area contributed by atoms with Crippen LogP contribution in [0.1, 0.15) is 26.7 Å². The van der Waals surface area contributed by atoms with Gasteiger partial charge in [0.15, 0.2) is 0 Å². The standard InChI is InChI=1S/C21H20ClN3O5/c1-11(2)28-20-17(22)9-14(10-23-20)19-24-18(25-30-19)12-3-5-15(6-4-12)29-16-7-13(8-16)21(26)27/h3-6,9-11,13,16H,7-8H2,1-2H3,(H,26,27). The molecule has 1 aliphatic carbocycles. The number of nitrogens with zero attached hydrogens (tertiary/aromatic N) is 3. The first-order valence-electron chi connectivity index (χ1n) is 9.55. The fourth-order valence-electron chi connectivity index (χ4n) is 3.05. The van der Waals surface area contributed by atoms with Crippen LogP contribution in [0.4, 0.5) is 0 Å². The van der Waals surface area contributed by atoms with Gasteiger partial charge in [-0.05, 0) is 57.0 Å². The van der Waals surface area contributed by atoms with Crippen LogP contribution in [0.2, 0.25) is 5.02 Å². The van der Waals surface area contributed by atoms with Crippen LogP contribution in [0.25, 0.3) is 22.8 Å². The van der Waals surface area contributed by atoms with Crippen LogP contribution in [-0.4, -0.2) is 38.4 Å². The summed E-state index contributed by atoms with van der Waals surface area (Å²) in [4.78, 5) is 19.5. The summed E-state index contributed by atoms with van der Waals surface area (Å²) in [6, 6.07) is 8.92. The third kappa shape index (κ3) is 4.38. The molecule has 2 aromatic heterocycles. The summed E-state index contributed by atoms with van der Waals surface area (Å²) in [5.74, 6) is 0.674. The van der Waals surface area contributed by atoms with Gasteiger partial charge in [-0.3, -0.25) is 4.79 Å². The van der Waals surface area contributed by atoms with E-state index < -0.39 is 5.97 Å². The third-order valence-electron chi connectivity index (χ3n) is 4.69. The normalized spacial score (nSPS) is 18.1. The summed E-state index contributed by atoms with van der Waals surface area (Å²) in [7, 11) is 0. The number of carboxylic acid groups (broad SMARTS) is 1. The second-order valence-electron chi connectivity index (χ2n) is 7.37. The molecule has 0 amide bonds. The van der Waals surface area contributed by atoms with Crippen molar-refractivity contribution in [3.05, 3.63) is 41.6 Å². The highest BCUT2D eigenvalue weighted by Gasteiger charge is 2.36. The number of carboxylic acids is 1. The molecule has 1 aromatic carbocycles. The number of pyridine rings is 1. The Morgan fingerprint density at radius 1 is 1.23 bits per heavy atom. The zero-order valence-corrected chi connectivity index (χ0v) is 17.2. The number of halogens is 1. The van der Waals surface area contributed by atoms with E-state index in [2.05, 4.69) is 15.1 Å². The van der Waals surface area contributed by atoms with Crippen LogP contribution in [0, 0.1) is 5.92 Å². The lowest BCUT2D eigenvalue weighted by atomic mass is 9.82. The number of ether oxygens (including phenoxy) is 2. The molecule has 0 saturated heterocycles. The van der Waals surface area contributed by atoms with Crippen molar-refractivity contribution < 1.29 is 23.9 Å². The fourth-order valence-corrected chi connectivity index (χ4v) is 3.26. The van der Waals surface area contributed by atoms with Crippen molar-refractivity contribution in [2.75, 3.05) is 0 Å². The molecule has 0 atom stereocenters. The van der Waals surface area contributed by atoms with E-state index in [1.54, 1.807) is 24.4 Å². The number of benzene rings is 1. The first-order chi connectivity index (χ1) is 14.4. The number of rotatable bonds is 7. The fraction of sp³-hybridized carbons (Fsp3) is 0.333. The maximum atomic E-state index is 10.9. The third-order valence-corrected chi connectivity index (χ3v) is 4.96. The molecule has 1 aliphatic rings. The molecule has 1 N–H and O–H groups in total. The zero-order valence-electron chi connectivity index (χ0n) is 16.4. The van der Waals surface area contributed by atoms with Crippen LogP contribution in [-0.2, 0) is 4.79 Å². The largest absolute Gasteiger partial charge is 0.490 e. The Balaban J connectivity index is 1.43. The molecule has 4 rings (SSSR count). The maximum absolute atomic E-state index is 10.9. The molecule has 0 bridgehead atoms. The van der Waals surface area contributed by atoms with Gasteiger partial charge in [0.25, 0.3) is 5.89 Å². The summed E-state index contributed by atoms with van der Waals surface area (Å²) in [6.07, 6.45) is 2.53. The number of aromatic nitrogens is 3. The summed E-state index contributed by atoms with van der Waals surface area (Å²) in [6.45, 7) is 3.79. The quantitative estimate of drug-likeness (QED) is 0.585. The minimum Gasteiger partial charge on any atom is -0.490 e. The predicted molar refractivity (Wildman–Crippen MR) is 109 cm³/mol. The summed E-state index contributed by atoms with van der Waals surface area (Å²) < 4.78 is 16.7. The van der Waals surface area contributed by atoms with E-state index in [0.717, 1.165) is 5.56 Å². The van der Waals surface area contributed by atoms with E-state index >= 15 is 0 Å². The van der Waals surface area contributed by atoms with Gasteiger partial charge in [0.1, 0.15) is 16.9 Å². The molecule has 0 aliphatic heterocycles. The smallest absolute Gasteiger partial charge is 0.306 e. The lowest BCUT2D eigenvalue weighted by Crippen LogP contribution is -2.38. The van der Waals surface area contributed by atoms with Gasteiger partial charge < -0.3 is 19.1 Å². The van der Waals surface area contributed by atoms with Gasteiger partial charge in [-0.15, -0.1) is 0 Å². The first kappa shape index (κ1) is 20.2. The SMILES string of the molecule is CC(C)Oc1ncc(-c2nc(-c3ccc(OC4CC(C(=O)O)C4)cc3)no2)cc1Cl. The van der Waals surface area contributed by atoms with E-state index in [0.29, 0.717) is 46.8 Å². The van der Waals surface area contributed by atoms with E-state index in [1.165, 1.54) is 0 Å². The molecule has 8 nitrogen and oxygen atoms in total. The van der Waals surface area contributed by atoms with Crippen molar-refractivity contribution in [3.8, 4) is 34.5 Å². The Morgan fingerprint density at radius 2 is 1.97 bits per heavy atom. The van der Waals surface area contributed by atoms with Crippen LogP contribution in [0.5, 0.6) is 11.6 Å². The van der Waals surface area contributed by atoms with Crippen molar-refractivity contribution in [3.63, 3.8) is 0 Å². The molecule has 1 fully saturated rings. The predicted octanol–water partition coefficient (Wildman–Crippen LogP) is 4.48. The van der Waals surface area contributed by atoms with Gasteiger partial charge in [-0.1, -0.05) is 16.8 Å². The monoisotopic (exact) mass is 429 g/mol. The first-order valence-corrected chi connectivity index (χ1v) is 9.93. The highest BCUT2D eigenvalue weighted by molar-refractivity contribution is 6.32. The van der Waals surface area contributed by atoms with Crippen molar-refractivity contribution in [1.29, 1.82) is 0 Å². The Labute approximate surface area is 177 Å². The molecule has 3 aromatic rings. The van der Waals surface area contributed by atoms with Gasteiger partial charge in [-0.2, -0.15) is 4.98 Å². The molecular formula is C21H20ClN3O5. The molecule has 30 heavy (non-hydrogen) atoms. The molecule has 9 heteroatoms. The average Bonchev–Trinajstić information content (AvgIpc) is 3.16. The molecule has 0 unspecified atom stereocenters. The van der Waals surface area contributed by atoms with E-state index in [9.17, 15) is 4.79 Å². The Bertz CT molecular complexity index is 1050. The second kappa shape index (κ2) is 8.31. The highest BCUT2D eigenvalue weighted by Crippen LogP contribution is 2.33. The molecule has 2 heterocycles. The highest BCUT2D eigenvalue weighted by atomic mass is 35.5. The van der Waals surface area contributed by atoms with Crippen LogP contribution in [0.15, 0.2) is 41.1 Å². The molecule has 1 saturated carbocycles. The number of hydrogen-bond acceptors (Lipinski definition) is 7. The van der Waals surface area contributed by atoms with E-state index in [1.807, 2.05) is 26.0 Å². The minimum absolute atomic E-state index is 0.0364. The number of carbonyl (C=O) groups is 1. The summed E-state index contributed by atoms with van der Waals surface area (Å²) >= 11 is 6.23. The molecular weight excluding hydrogens is 410 g/mol. The lowest BCUT2D eigenvalue weighted by molar-refractivity contribution is -0.147. The van der Waals surface area contributed by atoms with Crippen molar-refractivity contribution in [2.24, 2.45) is 5.92 Å². The van der Waals surface area contributed by atoms with Gasteiger partial charge in [-0.25, -0.2) is 4.98 Å². The zero-order chi connectivity index (χ0) is 21.3. The van der Waals surface area contributed by atoms with Crippen LogP contribution < -0.4 is 9.47 Å². The van der Waals surface area contributed by atoms with E-state index in [-0.39, 0.29) is 18.1 Å². The Hall–Kier alpha value is -3.13. The number of aliphatic carboxylic acids is 1. The van der Waals surface area contributed by atoms with Gasteiger partial charge in [0.05, 0.1) is 17.6 Å². The van der Waals surface area contributed by atoms with Gasteiger partial charge >= 0.3 is 5.97 Å². The van der Waals surface area contributed by atoms with Crippen LogP contribution in [0.3, 0.4) is 0 Å². The summed E-state index contributed by atoms with van der Waals surface area (Å²) in [5.41, 5.74) is 1.35. The number of hydrogen-bond donors (Lipinski definition) is 1.